The molecule has 9 heteroatoms. The molecule has 0 spiro atoms. The lowest BCUT2D eigenvalue weighted by atomic mass is 10.2. The highest BCUT2D eigenvalue weighted by Gasteiger charge is 2.26. The van der Waals surface area contributed by atoms with Crippen LogP contribution < -0.4 is 9.64 Å². The molecule has 1 unspecified atom stereocenters. The number of ether oxygens (including phenoxy) is 1. The highest BCUT2D eigenvalue weighted by Crippen LogP contribution is 2.27. The number of piperazine rings is 1. The highest BCUT2D eigenvalue weighted by molar-refractivity contribution is 5.55. The predicted molar refractivity (Wildman–Crippen MR) is 112 cm³/mol. The molecule has 3 aromatic rings. The molecule has 1 saturated heterocycles. The van der Waals surface area contributed by atoms with Gasteiger partial charge < -0.3 is 14.1 Å². The lowest BCUT2D eigenvalue weighted by Gasteiger charge is -2.38. The third kappa shape index (κ3) is 4.11. The van der Waals surface area contributed by atoms with Crippen molar-refractivity contribution in [3.05, 3.63) is 64.5 Å². The molecule has 30 heavy (non-hydrogen) atoms. The van der Waals surface area contributed by atoms with Crippen molar-refractivity contribution in [3.8, 4) is 17.2 Å². The van der Waals surface area contributed by atoms with Gasteiger partial charge in [-0.2, -0.15) is 0 Å². The van der Waals surface area contributed by atoms with E-state index in [1.807, 2.05) is 12.1 Å². The van der Waals surface area contributed by atoms with E-state index >= 15 is 0 Å². The molecule has 0 bridgehead atoms. The molecule has 0 aliphatic carbocycles. The van der Waals surface area contributed by atoms with Crippen LogP contribution in [0.15, 0.2) is 52.9 Å². The van der Waals surface area contributed by atoms with Gasteiger partial charge in [-0.15, -0.1) is 10.2 Å². The zero-order valence-electron chi connectivity index (χ0n) is 16.9. The summed E-state index contributed by atoms with van der Waals surface area (Å²) in [5.74, 6) is 1.76. The first-order chi connectivity index (χ1) is 14.5. The molecule has 1 aliphatic heterocycles. The predicted octanol–water partition coefficient (Wildman–Crippen LogP) is 3.54. The number of anilines is 1. The van der Waals surface area contributed by atoms with Gasteiger partial charge in [0.05, 0.1) is 18.1 Å². The van der Waals surface area contributed by atoms with Gasteiger partial charge in [-0.25, -0.2) is 0 Å². The molecule has 1 aliphatic rings. The Morgan fingerprint density at radius 3 is 2.30 bits per heavy atom. The molecule has 0 radical (unpaired) electrons. The first-order valence-corrected chi connectivity index (χ1v) is 9.76. The Morgan fingerprint density at radius 2 is 1.70 bits per heavy atom. The zero-order chi connectivity index (χ0) is 21.1. The van der Waals surface area contributed by atoms with E-state index < -0.39 is 4.92 Å². The van der Waals surface area contributed by atoms with Gasteiger partial charge >= 0.3 is 0 Å². The third-order valence-electron chi connectivity index (χ3n) is 5.42. The quantitative estimate of drug-likeness (QED) is 0.450. The lowest BCUT2D eigenvalue weighted by molar-refractivity contribution is -0.384. The smallest absolute Gasteiger partial charge is 0.269 e. The number of non-ortho nitro benzene ring substituents is 1. The number of benzene rings is 2. The Kier molecular flexibility index (Phi) is 5.62. The van der Waals surface area contributed by atoms with E-state index in [0.717, 1.165) is 31.9 Å². The summed E-state index contributed by atoms with van der Waals surface area (Å²) < 4.78 is 11.1. The van der Waals surface area contributed by atoms with Crippen LogP contribution in [0.4, 0.5) is 11.4 Å². The van der Waals surface area contributed by atoms with Gasteiger partial charge in [-0.3, -0.25) is 15.0 Å². The Morgan fingerprint density at radius 1 is 1.03 bits per heavy atom. The van der Waals surface area contributed by atoms with Crippen LogP contribution in [0.25, 0.3) is 11.5 Å². The Hall–Kier alpha value is -3.46. The van der Waals surface area contributed by atoms with Crippen LogP contribution in [0.3, 0.4) is 0 Å². The average Bonchev–Trinajstić information content (AvgIpc) is 3.29. The van der Waals surface area contributed by atoms with Gasteiger partial charge in [-0.05, 0) is 43.3 Å². The SMILES string of the molecule is COc1ccc(N2CCN(C(C)c3nnc(-c4ccc([N+](=O)[O-])cc4)o3)CC2)cc1. The fraction of sp³-hybridized carbons (Fsp3) is 0.333. The van der Waals surface area contributed by atoms with E-state index in [1.54, 1.807) is 19.2 Å². The molecule has 156 valence electrons. The van der Waals surface area contributed by atoms with Crippen molar-refractivity contribution in [1.29, 1.82) is 0 Å². The molecule has 9 nitrogen and oxygen atoms in total. The van der Waals surface area contributed by atoms with E-state index in [9.17, 15) is 10.1 Å². The number of methoxy groups -OCH3 is 1. The van der Waals surface area contributed by atoms with Crippen molar-refractivity contribution >= 4 is 11.4 Å². The van der Waals surface area contributed by atoms with Crippen LogP contribution >= 0.6 is 0 Å². The molecule has 2 aromatic carbocycles. The summed E-state index contributed by atoms with van der Waals surface area (Å²) in [6, 6.07) is 14.2. The van der Waals surface area contributed by atoms with Crippen LogP contribution in [0.1, 0.15) is 18.9 Å². The third-order valence-corrected chi connectivity index (χ3v) is 5.42. The summed E-state index contributed by atoms with van der Waals surface area (Å²) in [6.07, 6.45) is 0. The van der Waals surface area contributed by atoms with Crippen LogP contribution in [0.5, 0.6) is 5.75 Å². The standard InChI is InChI=1S/C21H23N5O4/c1-15(20-22-23-21(30-20)16-3-5-18(6-4-16)26(27)28)24-11-13-25(14-12-24)17-7-9-19(29-2)10-8-17/h3-10,15H,11-14H2,1-2H3. The monoisotopic (exact) mass is 409 g/mol. The molecule has 2 heterocycles. The molecular weight excluding hydrogens is 386 g/mol. The Balaban J connectivity index is 1.38. The van der Waals surface area contributed by atoms with E-state index in [-0.39, 0.29) is 11.7 Å². The van der Waals surface area contributed by atoms with Crippen LogP contribution in [0, 0.1) is 10.1 Å². The topological polar surface area (TPSA) is 97.8 Å². The maximum absolute atomic E-state index is 10.8. The number of nitro benzene ring substituents is 1. The van der Waals surface area contributed by atoms with Crippen molar-refractivity contribution in [2.45, 2.75) is 13.0 Å². The van der Waals surface area contributed by atoms with E-state index in [1.165, 1.54) is 17.8 Å². The molecule has 0 saturated carbocycles. The fourth-order valence-electron chi connectivity index (χ4n) is 3.56. The molecule has 0 amide bonds. The summed E-state index contributed by atoms with van der Waals surface area (Å²) in [5.41, 5.74) is 1.87. The number of rotatable bonds is 6. The van der Waals surface area contributed by atoms with Crippen molar-refractivity contribution in [2.75, 3.05) is 38.2 Å². The van der Waals surface area contributed by atoms with Gasteiger partial charge in [0, 0.05) is 49.6 Å². The second-order valence-electron chi connectivity index (χ2n) is 7.15. The maximum atomic E-state index is 10.8. The van der Waals surface area contributed by atoms with Crippen LogP contribution in [0.2, 0.25) is 0 Å². The minimum absolute atomic E-state index is 0.0117. The first-order valence-electron chi connectivity index (χ1n) is 9.76. The molecule has 1 aromatic heterocycles. The summed E-state index contributed by atoms with van der Waals surface area (Å²) in [6.45, 7) is 5.61. The van der Waals surface area contributed by atoms with E-state index in [0.29, 0.717) is 17.3 Å². The first kappa shape index (κ1) is 19.8. The van der Waals surface area contributed by atoms with Gasteiger partial charge in [0.2, 0.25) is 11.8 Å². The normalized spacial score (nSPS) is 15.7. The van der Waals surface area contributed by atoms with E-state index in [2.05, 4.69) is 39.1 Å². The number of nitrogens with zero attached hydrogens (tertiary/aromatic N) is 5. The largest absolute Gasteiger partial charge is 0.497 e. The molecule has 0 N–H and O–H groups in total. The minimum Gasteiger partial charge on any atom is -0.497 e. The summed E-state index contributed by atoms with van der Waals surface area (Å²) in [5, 5.41) is 19.1. The summed E-state index contributed by atoms with van der Waals surface area (Å²) in [7, 11) is 1.67. The molecule has 1 atom stereocenters. The van der Waals surface area contributed by atoms with Gasteiger partial charge in [0.15, 0.2) is 0 Å². The van der Waals surface area contributed by atoms with Crippen molar-refractivity contribution in [3.63, 3.8) is 0 Å². The molecular formula is C21H23N5O4. The van der Waals surface area contributed by atoms with Crippen molar-refractivity contribution < 1.29 is 14.1 Å². The number of aromatic nitrogens is 2. The average molecular weight is 409 g/mol. The Bertz CT molecular complexity index is 995. The van der Waals surface area contributed by atoms with Crippen LogP contribution in [-0.4, -0.2) is 53.3 Å². The van der Waals surface area contributed by atoms with Gasteiger partial charge in [0.25, 0.3) is 5.69 Å². The van der Waals surface area contributed by atoms with Crippen molar-refractivity contribution in [2.24, 2.45) is 0 Å². The number of nitro groups is 1. The van der Waals surface area contributed by atoms with Crippen molar-refractivity contribution in [1.82, 2.24) is 15.1 Å². The minimum atomic E-state index is -0.434. The Labute approximate surface area is 174 Å². The van der Waals surface area contributed by atoms with Gasteiger partial charge in [0.1, 0.15) is 5.75 Å². The lowest BCUT2D eigenvalue weighted by Crippen LogP contribution is -2.47. The second kappa shape index (κ2) is 8.50. The number of hydrogen-bond donors (Lipinski definition) is 0. The number of hydrogen-bond acceptors (Lipinski definition) is 8. The van der Waals surface area contributed by atoms with Crippen LogP contribution in [-0.2, 0) is 0 Å². The summed E-state index contributed by atoms with van der Waals surface area (Å²) in [4.78, 5) is 15.0. The molecule has 4 rings (SSSR count). The second-order valence-corrected chi connectivity index (χ2v) is 7.15. The highest BCUT2D eigenvalue weighted by atomic mass is 16.6. The van der Waals surface area contributed by atoms with Gasteiger partial charge in [-0.1, -0.05) is 0 Å². The zero-order valence-corrected chi connectivity index (χ0v) is 16.9. The summed E-state index contributed by atoms with van der Waals surface area (Å²) >= 11 is 0. The fourth-order valence-corrected chi connectivity index (χ4v) is 3.56. The van der Waals surface area contributed by atoms with E-state index in [4.69, 9.17) is 9.15 Å². The maximum Gasteiger partial charge on any atom is 0.269 e. The molecule has 1 fully saturated rings.